The number of nitrogens with zero attached hydrogens (tertiary/aromatic N) is 2. The molecule has 2 aromatic rings. The Kier molecular flexibility index (Phi) is 6.24. The first-order valence-corrected chi connectivity index (χ1v) is 13.3. The lowest BCUT2D eigenvalue weighted by atomic mass is 9.84. The molecule has 36 heavy (non-hydrogen) atoms. The molecule has 4 aliphatic rings. The number of likely N-dealkylation sites (tertiary alicyclic amines) is 1. The number of aliphatic hydroxyl groups excluding tert-OH is 1. The molecule has 0 bridgehead atoms. The summed E-state index contributed by atoms with van der Waals surface area (Å²) in [4.78, 5) is 19.3. The van der Waals surface area contributed by atoms with E-state index in [2.05, 4.69) is 10.3 Å². The largest absolute Gasteiger partial charge is 0.389 e. The summed E-state index contributed by atoms with van der Waals surface area (Å²) in [5, 5.41) is 15.6. The first-order valence-electron chi connectivity index (χ1n) is 12.9. The van der Waals surface area contributed by atoms with Crippen LogP contribution in [0, 0.1) is 11.3 Å². The van der Waals surface area contributed by atoms with Gasteiger partial charge in [0.05, 0.1) is 24.9 Å². The molecule has 0 radical (unpaired) electrons. The number of benzene rings is 1. The smallest absolute Gasteiger partial charge is 0.229 e. The predicted octanol–water partition coefficient (Wildman–Crippen LogP) is 3.92. The number of ether oxygens (including phenoxy) is 2. The average molecular weight is 518 g/mol. The zero-order chi connectivity index (χ0) is 25.1. The second-order valence-corrected chi connectivity index (χ2v) is 11.7. The van der Waals surface area contributed by atoms with Crippen LogP contribution >= 0.6 is 11.6 Å². The van der Waals surface area contributed by atoms with E-state index >= 15 is 4.39 Å². The molecule has 1 spiro atoms. The van der Waals surface area contributed by atoms with E-state index in [0.29, 0.717) is 30.4 Å². The molecule has 1 saturated carbocycles. The molecule has 3 aliphatic heterocycles. The van der Waals surface area contributed by atoms with Crippen LogP contribution < -0.4 is 5.32 Å². The molecule has 2 unspecified atom stereocenters. The monoisotopic (exact) mass is 517 g/mol. The standard InChI is InChI=1S/C27H33ClFN3O4/c1-26(15-36-14-23(26)33)32-5-2-18(22(29)13-32)19-8-16-10-24(30-12-17(16)9-21(19)28)31-25(34)20-11-27(20)3-6-35-7-4-27/h8-10,12,18,20,22-23,33H,2-7,11,13-15H2,1H3,(H,30,31,34)/t18-,20-,22-,23?,26?/m1/s1. The Labute approximate surface area is 215 Å². The van der Waals surface area contributed by atoms with Crippen LogP contribution in [0.3, 0.4) is 0 Å². The van der Waals surface area contributed by atoms with Crippen molar-refractivity contribution in [2.24, 2.45) is 11.3 Å². The number of amides is 1. The second kappa shape index (κ2) is 9.17. The number of fused-ring (bicyclic) bond motifs is 1. The Bertz CT molecular complexity index is 1180. The number of pyridine rings is 1. The molecular formula is C27H33ClFN3O4. The van der Waals surface area contributed by atoms with E-state index in [1.165, 1.54) is 0 Å². The van der Waals surface area contributed by atoms with Crippen molar-refractivity contribution in [3.8, 4) is 0 Å². The molecule has 4 heterocycles. The molecule has 1 amide bonds. The van der Waals surface area contributed by atoms with Crippen molar-refractivity contribution < 1.29 is 23.8 Å². The van der Waals surface area contributed by atoms with Crippen molar-refractivity contribution in [2.75, 3.05) is 44.8 Å². The van der Waals surface area contributed by atoms with Gasteiger partial charge in [0.15, 0.2) is 0 Å². The van der Waals surface area contributed by atoms with Gasteiger partial charge in [-0.15, -0.1) is 0 Å². The second-order valence-electron chi connectivity index (χ2n) is 11.3. The van der Waals surface area contributed by atoms with E-state index in [-0.39, 0.29) is 36.3 Å². The van der Waals surface area contributed by atoms with Gasteiger partial charge < -0.3 is 19.9 Å². The molecule has 1 aliphatic carbocycles. The lowest BCUT2D eigenvalue weighted by Crippen LogP contribution is -2.58. The Morgan fingerprint density at radius 2 is 2.06 bits per heavy atom. The maximum Gasteiger partial charge on any atom is 0.229 e. The van der Waals surface area contributed by atoms with Gasteiger partial charge in [-0.05, 0) is 73.7 Å². The third-order valence-corrected chi connectivity index (χ3v) is 9.46. The Morgan fingerprint density at radius 3 is 2.78 bits per heavy atom. The van der Waals surface area contributed by atoms with E-state index in [9.17, 15) is 9.90 Å². The van der Waals surface area contributed by atoms with Gasteiger partial charge in [0.25, 0.3) is 0 Å². The molecule has 2 N–H and O–H groups in total. The fourth-order valence-corrected chi connectivity index (χ4v) is 6.78. The number of nitrogens with one attached hydrogen (secondary N) is 1. The van der Waals surface area contributed by atoms with Crippen LogP contribution in [-0.4, -0.2) is 78.2 Å². The maximum atomic E-state index is 15.5. The van der Waals surface area contributed by atoms with Crippen molar-refractivity contribution >= 4 is 34.1 Å². The molecular weight excluding hydrogens is 485 g/mol. The highest BCUT2D eigenvalue weighted by Crippen LogP contribution is 2.59. The minimum absolute atomic E-state index is 0.0145. The quantitative estimate of drug-likeness (QED) is 0.639. The van der Waals surface area contributed by atoms with E-state index in [1.807, 2.05) is 30.0 Å². The van der Waals surface area contributed by atoms with Crippen molar-refractivity contribution in [1.29, 1.82) is 0 Å². The molecule has 3 saturated heterocycles. The lowest BCUT2D eigenvalue weighted by Gasteiger charge is -2.45. The SMILES string of the molecule is CC1(N2CC[C@H](c3cc4cc(NC(=O)[C@H]5CC56CCOCC6)ncc4cc3Cl)[C@H](F)C2)COCC1O. The molecule has 5 atom stereocenters. The van der Waals surface area contributed by atoms with Crippen LogP contribution in [0.15, 0.2) is 24.4 Å². The minimum atomic E-state index is -1.12. The summed E-state index contributed by atoms with van der Waals surface area (Å²) < 4.78 is 26.4. The van der Waals surface area contributed by atoms with Crippen LogP contribution in [0.25, 0.3) is 10.8 Å². The summed E-state index contributed by atoms with van der Waals surface area (Å²) in [7, 11) is 0. The third kappa shape index (κ3) is 4.21. The third-order valence-electron chi connectivity index (χ3n) is 9.13. The van der Waals surface area contributed by atoms with Gasteiger partial charge in [-0.2, -0.15) is 0 Å². The van der Waals surface area contributed by atoms with E-state index in [1.54, 1.807) is 6.20 Å². The highest BCUT2D eigenvalue weighted by atomic mass is 35.5. The van der Waals surface area contributed by atoms with Gasteiger partial charge in [-0.1, -0.05) is 11.6 Å². The number of halogens is 2. The number of hydrogen-bond donors (Lipinski definition) is 2. The van der Waals surface area contributed by atoms with Crippen molar-refractivity contribution in [3.63, 3.8) is 0 Å². The van der Waals surface area contributed by atoms with Gasteiger partial charge >= 0.3 is 0 Å². The molecule has 7 nitrogen and oxygen atoms in total. The number of rotatable bonds is 4. The van der Waals surface area contributed by atoms with E-state index in [0.717, 1.165) is 48.8 Å². The Morgan fingerprint density at radius 1 is 1.25 bits per heavy atom. The zero-order valence-electron chi connectivity index (χ0n) is 20.5. The summed E-state index contributed by atoms with van der Waals surface area (Å²) in [6.07, 6.45) is 3.34. The van der Waals surface area contributed by atoms with Gasteiger partial charge in [-0.25, -0.2) is 9.37 Å². The number of piperidine rings is 1. The van der Waals surface area contributed by atoms with Gasteiger partial charge in [0, 0.05) is 48.2 Å². The van der Waals surface area contributed by atoms with Crippen LogP contribution in [0.5, 0.6) is 0 Å². The fourth-order valence-electron chi connectivity index (χ4n) is 6.47. The molecule has 194 valence electrons. The van der Waals surface area contributed by atoms with Gasteiger partial charge in [0.2, 0.25) is 5.91 Å². The number of anilines is 1. The summed E-state index contributed by atoms with van der Waals surface area (Å²) >= 11 is 6.62. The van der Waals surface area contributed by atoms with Crippen molar-refractivity contribution in [2.45, 2.75) is 56.3 Å². The van der Waals surface area contributed by atoms with E-state index in [4.69, 9.17) is 21.1 Å². The summed E-state index contributed by atoms with van der Waals surface area (Å²) in [6.45, 7) is 4.96. The summed E-state index contributed by atoms with van der Waals surface area (Å²) in [5.74, 6) is 0.195. The topological polar surface area (TPSA) is 83.9 Å². The predicted molar refractivity (Wildman–Crippen MR) is 135 cm³/mol. The summed E-state index contributed by atoms with van der Waals surface area (Å²) in [5.41, 5.74) is 0.311. The molecule has 4 fully saturated rings. The molecule has 6 rings (SSSR count). The van der Waals surface area contributed by atoms with Crippen LogP contribution in [0.1, 0.15) is 44.1 Å². The number of aromatic nitrogens is 1. The highest BCUT2D eigenvalue weighted by molar-refractivity contribution is 6.32. The van der Waals surface area contributed by atoms with Gasteiger partial charge in [0.1, 0.15) is 12.0 Å². The van der Waals surface area contributed by atoms with Crippen LogP contribution in [0.2, 0.25) is 5.02 Å². The highest BCUT2D eigenvalue weighted by Gasteiger charge is 2.58. The van der Waals surface area contributed by atoms with Gasteiger partial charge in [-0.3, -0.25) is 9.69 Å². The minimum Gasteiger partial charge on any atom is -0.389 e. The number of carbonyl (C=O) groups is 1. The number of alkyl halides is 1. The first kappa shape index (κ1) is 24.5. The zero-order valence-corrected chi connectivity index (χ0v) is 21.3. The molecule has 1 aromatic heterocycles. The van der Waals surface area contributed by atoms with Crippen LogP contribution in [-0.2, 0) is 14.3 Å². The maximum absolute atomic E-state index is 15.5. The first-order chi connectivity index (χ1) is 17.3. The van der Waals surface area contributed by atoms with Crippen molar-refractivity contribution in [1.82, 2.24) is 9.88 Å². The van der Waals surface area contributed by atoms with E-state index < -0.39 is 17.8 Å². The van der Waals surface area contributed by atoms with Crippen LogP contribution in [0.4, 0.5) is 10.2 Å². The molecule has 9 heteroatoms. The molecule has 1 aromatic carbocycles. The number of carbonyl (C=O) groups excluding carboxylic acids is 1. The Hall–Kier alpha value is -1.84. The lowest BCUT2D eigenvalue weighted by molar-refractivity contribution is -0.118. The Balaban J connectivity index is 1.18. The number of aliphatic hydroxyl groups is 1. The van der Waals surface area contributed by atoms with Crippen molar-refractivity contribution in [3.05, 3.63) is 35.0 Å². The fraction of sp³-hybridized carbons (Fsp3) is 0.630. The summed E-state index contributed by atoms with van der Waals surface area (Å²) in [6, 6.07) is 5.62. The normalized spacial score (nSPS) is 34.2. The number of hydrogen-bond acceptors (Lipinski definition) is 6. The average Bonchev–Trinajstić information content (AvgIpc) is 3.44.